The Morgan fingerprint density at radius 2 is 1.66 bits per heavy atom. The average Bonchev–Trinajstić information content (AvgIpc) is 2.75. The van der Waals surface area contributed by atoms with E-state index in [0.29, 0.717) is 37.7 Å². The maximum absolute atomic E-state index is 13.3. The Hall–Kier alpha value is -3.55. The maximum Gasteiger partial charge on any atom is 0.274 e. The Labute approximate surface area is 166 Å². The molecule has 4 rings (SSSR count). The van der Waals surface area contributed by atoms with Crippen molar-refractivity contribution in [1.82, 2.24) is 14.9 Å². The van der Waals surface area contributed by atoms with Crippen LogP contribution in [-0.2, 0) is 0 Å². The number of hydrogen-bond acceptors (Lipinski definition) is 5. The van der Waals surface area contributed by atoms with Gasteiger partial charge in [0, 0.05) is 37.6 Å². The summed E-state index contributed by atoms with van der Waals surface area (Å²) in [6.07, 6.45) is 2.86. The Bertz CT molecular complexity index is 987. The lowest BCUT2D eigenvalue weighted by Gasteiger charge is -2.35. The largest absolute Gasteiger partial charge is 0.368 e. The van der Waals surface area contributed by atoms with E-state index in [1.807, 2.05) is 0 Å². The summed E-state index contributed by atoms with van der Waals surface area (Å²) in [5.74, 6) is -0.382. The molecule has 1 aliphatic heterocycles. The molecule has 148 valence electrons. The van der Waals surface area contributed by atoms with Crippen LogP contribution in [0.5, 0.6) is 0 Å². The van der Waals surface area contributed by atoms with Gasteiger partial charge in [-0.2, -0.15) is 0 Å². The van der Waals surface area contributed by atoms with Crippen molar-refractivity contribution in [1.29, 1.82) is 0 Å². The number of piperazine rings is 1. The van der Waals surface area contributed by atoms with Crippen LogP contribution in [-0.4, -0.2) is 47.0 Å². The zero-order chi connectivity index (χ0) is 20.2. The highest BCUT2D eigenvalue weighted by molar-refractivity contribution is 5.92. The van der Waals surface area contributed by atoms with E-state index in [1.54, 1.807) is 29.2 Å². The first-order valence-electron chi connectivity index (χ1n) is 9.23. The van der Waals surface area contributed by atoms with Gasteiger partial charge in [-0.05, 0) is 42.5 Å². The van der Waals surface area contributed by atoms with Crippen LogP contribution >= 0.6 is 0 Å². The lowest BCUT2D eigenvalue weighted by Crippen LogP contribution is -2.49. The standard InChI is InChI=1S/C21H19F2N5O/c22-15-4-6-18(7-5-15)27-8-10-28(11-9-27)21(29)19-13-25-20(14-24-19)26-17-3-1-2-16(23)12-17/h1-7,12-14H,8-11H2,(H,25,26). The van der Waals surface area contributed by atoms with Crippen LogP contribution < -0.4 is 10.2 Å². The summed E-state index contributed by atoms with van der Waals surface area (Å²) >= 11 is 0. The summed E-state index contributed by atoms with van der Waals surface area (Å²) in [6, 6.07) is 12.4. The topological polar surface area (TPSA) is 61.4 Å². The van der Waals surface area contributed by atoms with Gasteiger partial charge in [0.25, 0.3) is 5.91 Å². The molecule has 6 nitrogen and oxygen atoms in total. The highest BCUT2D eigenvalue weighted by atomic mass is 19.1. The number of amides is 1. The second-order valence-corrected chi connectivity index (χ2v) is 6.68. The predicted molar refractivity (Wildman–Crippen MR) is 106 cm³/mol. The molecule has 0 unspecified atom stereocenters. The Balaban J connectivity index is 1.35. The van der Waals surface area contributed by atoms with Gasteiger partial charge in [-0.3, -0.25) is 4.79 Å². The molecule has 8 heteroatoms. The molecule has 29 heavy (non-hydrogen) atoms. The molecule has 0 aliphatic carbocycles. The molecule has 0 spiro atoms. The first kappa shape index (κ1) is 18.8. The lowest BCUT2D eigenvalue weighted by molar-refractivity contribution is 0.0740. The van der Waals surface area contributed by atoms with Crippen molar-refractivity contribution in [3.63, 3.8) is 0 Å². The molecule has 1 amide bonds. The van der Waals surface area contributed by atoms with Gasteiger partial charge < -0.3 is 15.1 Å². The van der Waals surface area contributed by atoms with Crippen LogP contribution in [0.1, 0.15) is 10.5 Å². The number of hydrogen-bond donors (Lipinski definition) is 1. The molecule has 0 radical (unpaired) electrons. The molecule has 1 N–H and O–H groups in total. The zero-order valence-electron chi connectivity index (χ0n) is 15.6. The zero-order valence-corrected chi connectivity index (χ0v) is 15.6. The average molecular weight is 395 g/mol. The Morgan fingerprint density at radius 3 is 2.31 bits per heavy atom. The van der Waals surface area contributed by atoms with Gasteiger partial charge in [0.2, 0.25) is 0 Å². The molecule has 1 saturated heterocycles. The van der Waals surface area contributed by atoms with E-state index >= 15 is 0 Å². The van der Waals surface area contributed by atoms with Crippen LogP contribution in [0.15, 0.2) is 60.9 Å². The lowest BCUT2D eigenvalue weighted by atomic mass is 10.2. The van der Waals surface area contributed by atoms with E-state index in [1.165, 1.54) is 36.7 Å². The van der Waals surface area contributed by atoms with Crippen molar-refractivity contribution in [3.8, 4) is 0 Å². The molecule has 3 aromatic rings. The fraction of sp³-hybridized carbons (Fsp3) is 0.190. The molecule has 1 aromatic heterocycles. The van der Waals surface area contributed by atoms with Gasteiger partial charge in [-0.1, -0.05) is 6.07 Å². The maximum atomic E-state index is 13.3. The van der Waals surface area contributed by atoms with Crippen LogP contribution in [0.4, 0.5) is 26.0 Å². The van der Waals surface area contributed by atoms with Crippen LogP contribution in [0.3, 0.4) is 0 Å². The van der Waals surface area contributed by atoms with Crippen molar-refractivity contribution in [3.05, 3.63) is 78.3 Å². The van der Waals surface area contributed by atoms with E-state index in [9.17, 15) is 13.6 Å². The molecule has 0 bridgehead atoms. The van der Waals surface area contributed by atoms with E-state index in [-0.39, 0.29) is 23.2 Å². The fourth-order valence-electron chi connectivity index (χ4n) is 3.20. The highest BCUT2D eigenvalue weighted by Gasteiger charge is 2.23. The number of nitrogens with one attached hydrogen (secondary N) is 1. The first-order chi connectivity index (χ1) is 14.1. The van der Waals surface area contributed by atoms with Gasteiger partial charge in [-0.25, -0.2) is 18.7 Å². The molecule has 1 fully saturated rings. The number of aromatic nitrogens is 2. The predicted octanol–water partition coefficient (Wildman–Crippen LogP) is 3.46. The number of carbonyl (C=O) groups is 1. The van der Waals surface area contributed by atoms with Crippen molar-refractivity contribution in [2.45, 2.75) is 0 Å². The van der Waals surface area contributed by atoms with E-state index in [2.05, 4.69) is 20.2 Å². The van der Waals surface area contributed by atoms with Gasteiger partial charge in [0.05, 0.1) is 12.4 Å². The van der Waals surface area contributed by atoms with Crippen molar-refractivity contribution in [2.75, 3.05) is 36.4 Å². The van der Waals surface area contributed by atoms with Gasteiger partial charge in [-0.15, -0.1) is 0 Å². The fourth-order valence-corrected chi connectivity index (χ4v) is 3.20. The minimum Gasteiger partial charge on any atom is -0.368 e. The minimum atomic E-state index is -0.352. The van der Waals surface area contributed by atoms with Crippen LogP contribution in [0.2, 0.25) is 0 Å². The van der Waals surface area contributed by atoms with E-state index in [0.717, 1.165) is 5.69 Å². The summed E-state index contributed by atoms with van der Waals surface area (Å²) < 4.78 is 26.3. The van der Waals surface area contributed by atoms with Crippen molar-refractivity contribution in [2.24, 2.45) is 0 Å². The van der Waals surface area contributed by atoms with Gasteiger partial charge >= 0.3 is 0 Å². The highest BCUT2D eigenvalue weighted by Crippen LogP contribution is 2.18. The van der Waals surface area contributed by atoms with Crippen LogP contribution in [0, 0.1) is 11.6 Å². The van der Waals surface area contributed by atoms with E-state index in [4.69, 9.17) is 0 Å². The summed E-state index contributed by atoms with van der Waals surface area (Å²) in [6.45, 7) is 2.40. The quantitative estimate of drug-likeness (QED) is 0.733. The molecule has 0 atom stereocenters. The summed E-state index contributed by atoms with van der Waals surface area (Å²) in [5, 5.41) is 2.95. The SMILES string of the molecule is O=C(c1cnc(Nc2cccc(F)c2)cn1)N1CCN(c2ccc(F)cc2)CC1. The monoisotopic (exact) mass is 395 g/mol. The van der Waals surface area contributed by atoms with Gasteiger partial charge in [0.1, 0.15) is 23.1 Å². The molecular weight excluding hydrogens is 376 g/mol. The molecule has 1 aliphatic rings. The molecular formula is C21H19F2N5O. The molecule has 2 aromatic carbocycles. The third-order valence-corrected chi connectivity index (χ3v) is 4.73. The minimum absolute atomic E-state index is 0.187. The number of nitrogens with zero attached hydrogens (tertiary/aromatic N) is 4. The Kier molecular flexibility index (Phi) is 5.33. The van der Waals surface area contributed by atoms with Crippen molar-refractivity contribution >= 4 is 23.1 Å². The van der Waals surface area contributed by atoms with Crippen molar-refractivity contribution < 1.29 is 13.6 Å². The molecule has 0 saturated carbocycles. The second kappa shape index (κ2) is 8.22. The first-order valence-corrected chi connectivity index (χ1v) is 9.23. The normalized spacial score (nSPS) is 14.0. The number of benzene rings is 2. The second-order valence-electron chi connectivity index (χ2n) is 6.68. The number of halogens is 2. The summed E-state index contributed by atoms with van der Waals surface area (Å²) in [5.41, 5.74) is 1.74. The third kappa shape index (κ3) is 4.48. The van der Waals surface area contributed by atoms with E-state index < -0.39 is 0 Å². The Morgan fingerprint density at radius 1 is 0.897 bits per heavy atom. The number of carbonyl (C=O) groups excluding carboxylic acids is 1. The van der Waals surface area contributed by atoms with Crippen LogP contribution in [0.25, 0.3) is 0 Å². The smallest absolute Gasteiger partial charge is 0.274 e. The summed E-state index contributed by atoms with van der Waals surface area (Å²) in [4.78, 5) is 24.9. The number of rotatable bonds is 4. The third-order valence-electron chi connectivity index (χ3n) is 4.73. The number of anilines is 3. The summed E-state index contributed by atoms with van der Waals surface area (Å²) in [7, 11) is 0. The van der Waals surface area contributed by atoms with Gasteiger partial charge in [0.15, 0.2) is 0 Å². The molecule has 2 heterocycles.